The van der Waals surface area contributed by atoms with Crippen LogP contribution in [0.4, 0.5) is 0 Å². The number of para-hydroxylation sites is 1. The van der Waals surface area contributed by atoms with Crippen molar-refractivity contribution in [2.24, 2.45) is 0 Å². The van der Waals surface area contributed by atoms with Crippen LogP contribution in [-0.2, 0) is 0 Å². The van der Waals surface area contributed by atoms with Gasteiger partial charge in [0, 0.05) is 30.9 Å². The number of nitrogens with one attached hydrogen (secondary N) is 1. The lowest BCUT2D eigenvalue weighted by atomic mass is 9.97. The maximum Gasteiger partial charge on any atom is 0.253 e. The molecule has 27 heavy (non-hydrogen) atoms. The van der Waals surface area contributed by atoms with Crippen LogP contribution in [0.1, 0.15) is 31.1 Å². The first-order valence-electron chi connectivity index (χ1n) is 9.17. The van der Waals surface area contributed by atoms with Gasteiger partial charge in [0.05, 0.1) is 0 Å². The molecule has 3 rings (SSSR count). The molecule has 140 valence electrons. The number of dihydropyridines is 1. The van der Waals surface area contributed by atoms with E-state index in [1.165, 1.54) is 11.1 Å². The molecular formula is C23H26N2O2. The summed E-state index contributed by atoms with van der Waals surface area (Å²) in [4.78, 5) is 14.6. The molecule has 1 amide bonds. The summed E-state index contributed by atoms with van der Waals surface area (Å²) >= 11 is 0. The smallest absolute Gasteiger partial charge is 0.253 e. The topological polar surface area (TPSA) is 41.6 Å². The predicted octanol–water partition coefficient (Wildman–Crippen LogP) is 4.76. The fourth-order valence-electron chi connectivity index (χ4n) is 3.33. The highest BCUT2D eigenvalue weighted by Gasteiger charge is 2.20. The Kier molecular flexibility index (Phi) is 5.65. The summed E-state index contributed by atoms with van der Waals surface area (Å²) in [6.07, 6.45) is 2.13. The average molecular weight is 362 g/mol. The first kappa shape index (κ1) is 18.8. The second-order valence-electron chi connectivity index (χ2n) is 7.00. The van der Waals surface area contributed by atoms with Gasteiger partial charge in [0.15, 0.2) is 0 Å². The van der Waals surface area contributed by atoms with Gasteiger partial charge >= 0.3 is 0 Å². The van der Waals surface area contributed by atoms with Crippen molar-refractivity contribution in [3.05, 3.63) is 83.1 Å². The first-order valence-corrected chi connectivity index (χ1v) is 9.17. The van der Waals surface area contributed by atoms with Crippen LogP contribution >= 0.6 is 0 Å². The van der Waals surface area contributed by atoms with Gasteiger partial charge in [-0.2, -0.15) is 0 Å². The van der Waals surface area contributed by atoms with Crippen molar-refractivity contribution in [1.29, 1.82) is 0 Å². The molecule has 0 spiro atoms. The minimum absolute atomic E-state index is 0.0000334. The molecule has 1 N–H and O–H groups in total. The number of carbonyl (C=O) groups excluding carboxylic acids is 1. The number of hydrogen-bond acceptors (Lipinski definition) is 3. The van der Waals surface area contributed by atoms with Gasteiger partial charge in [-0.3, -0.25) is 4.79 Å². The van der Waals surface area contributed by atoms with E-state index in [-0.39, 0.29) is 11.9 Å². The molecule has 4 nitrogen and oxygen atoms in total. The Balaban J connectivity index is 1.67. The van der Waals surface area contributed by atoms with E-state index >= 15 is 0 Å². The van der Waals surface area contributed by atoms with Gasteiger partial charge < -0.3 is 15.0 Å². The molecule has 4 heteroatoms. The zero-order valence-corrected chi connectivity index (χ0v) is 16.3. The van der Waals surface area contributed by atoms with E-state index in [0.29, 0.717) is 17.9 Å². The van der Waals surface area contributed by atoms with Gasteiger partial charge in [-0.15, -0.1) is 0 Å². The molecule has 0 aliphatic carbocycles. The third-order valence-electron chi connectivity index (χ3n) is 4.74. The van der Waals surface area contributed by atoms with E-state index in [2.05, 4.69) is 32.2 Å². The monoisotopic (exact) mass is 362 g/mol. The Bertz CT molecular complexity index is 867. The molecule has 1 aliphatic heterocycles. The molecule has 0 aromatic heterocycles. The normalized spacial score (nSPS) is 16.4. The fraction of sp³-hybridized carbons (Fsp3) is 0.261. The van der Waals surface area contributed by atoms with Crippen molar-refractivity contribution in [1.82, 2.24) is 10.2 Å². The Morgan fingerprint density at radius 3 is 2.30 bits per heavy atom. The van der Waals surface area contributed by atoms with Crippen molar-refractivity contribution in [2.45, 2.75) is 26.8 Å². The van der Waals surface area contributed by atoms with Crippen LogP contribution in [0.2, 0.25) is 0 Å². The van der Waals surface area contributed by atoms with Crippen LogP contribution in [0.5, 0.6) is 11.5 Å². The minimum Gasteiger partial charge on any atom is -0.457 e. The zero-order chi connectivity index (χ0) is 19.4. The average Bonchev–Trinajstić information content (AvgIpc) is 2.65. The highest BCUT2D eigenvalue weighted by atomic mass is 16.5. The minimum atomic E-state index is 0.0000334. The summed E-state index contributed by atoms with van der Waals surface area (Å²) in [5.41, 5.74) is 4.27. The third kappa shape index (κ3) is 4.59. The number of rotatable bonds is 5. The molecule has 0 saturated heterocycles. The second kappa shape index (κ2) is 8.12. The third-order valence-corrected chi connectivity index (χ3v) is 4.74. The molecule has 0 radical (unpaired) electrons. The van der Waals surface area contributed by atoms with Crippen molar-refractivity contribution in [3.63, 3.8) is 0 Å². The standard InChI is InChI=1S/C23H26N2O2/c1-16-14-17(2)24-18(3)22(16)15-25(4)23(26)19-10-12-21(13-11-19)27-20-8-6-5-7-9-20/h5-14,18,24H,15H2,1-4H3. The molecule has 0 bridgehead atoms. The van der Waals surface area contributed by atoms with Gasteiger partial charge in [-0.1, -0.05) is 18.2 Å². The molecule has 1 unspecified atom stereocenters. The van der Waals surface area contributed by atoms with Crippen molar-refractivity contribution < 1.29 is 9.53 Å². The predicted molar refractivity (Wildman–Crippen MR) is 109 cm³/mol. The van der Waals surface area contributed by atoms with Gasteiger partial charge in [-0.25, -0.2) is 0 Å². The number of allylic oxidation sites excluding steroid dienone is 3. The van der Waals surface area contributed by atoms with E-state index in [1.54, 1.807) is 4.90 Å². The zero-order valence-electron chi connectivity index (χ0n) is 16.3. The summed E-state index contributed by atoms with van der Waals surface area (Å²) in [5, 5.41) is 3.42. The van der Waals surface area contributed by atoms with Gasteiger partial charge in [0.1, 0.15) is 11.5 Å². The maximum atomic E-state index is 12.8. The number of benzene rings is 2. The highest BCUT2D eigenvalue weighted by Crippen LogP contribution is 2.22. The van der Waals surface area contributed by atoms with Gasteiger partial charge in [0.25, 0.3) is 5.91 Å². The van der Waals surface area contributed by atoms with Crippen molar-refractivity contribution in [3.8, 4) is 11.5 Å². The van der Waals surface area contributed by atoms with Crippen LogP contribution in [0.15, 0.2) is 77.5 Å². The number of likely N-dealkylation sites (N-methyl/N-ethyl adjacent to an activating group) is 1. The molecular weight excluding hydrogens is 336 g/mol. The first-order chi connectivity index (χ1) is 12.9. The summed E-state index contributed by atoms with van der Waals surface area (Å²) < 4.78 is 5.79. The SMILES string of the molecule is CC1=CC(C)=C(CN(C)C(=O)c2ccc(Oc3ccccc3)cc2)C(C)N1. The number of ether oxygens (including phenoxy) is 1. The number of nitrogens with zero attached hydrogens (tertiary/aromatic N) is 1. The Morgan fingerprint density at radius 2 is 1.67 bits per heavy atom. The molecule has 2 aromatic carbocycles. The lowest BCUT2D eigenvalue weighted by molar-refractivity contribution is 0.0805. The second-order valence-corrected chi connectivity index (χ2v) is 7.00. The Morgan fingerprint density at radius 1 is 1.04 bits per heavy atom. The molecule has 0 fully saturated rings. The van der Waals surface area contributed by atoms with E-state index in [1.807, 2.05) is 61.6 Å². The summed E-state index contributed by atoms with van der Waals surface area (Å²) in [6, 6.07) is 17.1. The van der Waals surface area contributed by atoms with Crippen molar-refractivity contribution in [2.75, 3.05) is 13.6 Å². The molecule has 0 saturated carbocycles. The largest absolute Gasteiger partial charge is 0.457 e. The van der Waals surface area contributed by atoms with Gasteiger partial charge in [-0.05, 0) is 74.4 Å². The van der Waals surface area contributed by atoms with E-state index < -0.39 is 0 Å². The van der Waals surface area contributed by atoms with Crippen LogP contribution in [0.3, 0.4) is 0 Å². The summed E-state index contributed by atoms with van der Waals surface area (Å²) in [5.74, 6) is 1.49. The Hall–Kier alpha value is -3.01. The highest BCUT2D eigenvalue weighted by molar-refractivity contribution is 5.94. The van der Waals surface area contributed by atoms with Crippen LogP contribution in [0, 0.1) is 0 Å². The maximum absolute atomic E-state index is 12.8. The lowest BCUT2D eigenvalue weighted by Crippen LogP contribution is -2.37. The lowest BCUT2D eigenvalue weighted by Gasteiger charge is -2.29. The quantitative estimate of drug-likeness (QED) is 0.833. The molecule has 1 aliphatic rings. The van der Waals surface area contributed by atoms with E-state index in [0.717, 1.165) is 11.4 Å². The molecule has 1 heterocycles. The van der Waals surface area contributed by atoms with E-state index in [9.17, 15) is 4.79 Å². The summed E-state index contributed by atoms with van der Waals surface area (Å²) in [7, 11) is 1.84. The number of carbonyl (C=O) groups is 1. The Labute approximate surface area is 161 Å². The van der Waals surface area contributed by atoms with Gasteiger partial charge in [0.2, 0.25) is 0 Å². The fourth-order valence-corrected chi connectivity index (χ4v) is 3.33. The van der Waals surface area contributed by atoms with E-state index in [4.69, 9.17) is 4.74 Å². The van der Waals surface area contributed by atoms with Crippen molar-refractivity contribution >= 4 is 5.91 Å². The summed E-state index contributed by atoms with van der Waals surface area (Å²) in [6.45, 7) is 6.89. The number of hydrogen-bond donors (Lipinski definition) is 1. The number of amides is 1. The molecule has 2 aromatic rings. The molecule has 1 atom stereocenters. The van der Waals surface area contributed by atoms with Crippen LogP contribution < -0.4 is 10.1 Å². The van der Waals surface area contributed by atoms with Crippen LogP contribution in [0.25, 0.3) is 0 Å². The van der Waals surface area contributed by atoms with Crippen LogP contribution in [-0.4, -0.2) is 30.4 Å².